The SMILES string of the molecule is CCC(C)(C(=O)Nc1ccc(N(C)C)cc1)N1C(=O)CC1c1ccc2c(c1)OCO2. The number of carbonyl (C=O) groups is 2. The molecule has 7 nitrogen and oxygen atoms in total. The number of benzene rings is 2. The Morgan fingerprint density at radius 1 is 1.17 bits per heavy atom. The van der Waals surface area contributed by atoms with Crippen molar-refractivity contribution in [2.24, 2.45) is 0 Å². The number of carbonyl (C=O) groups excluding carboxylic acids is 2. The summed E-state index contributed by atoms with van der Waals surface area (Å²) in [5.41, 5.74) is 1.74. The van der Waals surface area contributed by atoms with Crippen LogP contribution in [0.5, 0.6) is 11.5 Å². The molecule has 2 unspecified atom stereocenters. The van der Waals surface area contributed by atoms with Gasteiger partial charge in [-0.3, -0.25) is 9.59 Å². The van der Waals surface area contributed by atoms with Crippen LogP contribution < -0.4 is 19.7 Å². The fraction of sp³-hybridized carbons (Fsp3) is 0.391. The highest BCUT2D eigenvalue weighted by atomic mass is 16.7. The highest BCUT2D eigenvalue weighted by Gasteiger charge is 2.51. The van der Waals surface area contributed by atoms with Crippen molar-refractivity contribution in [3.05, 3.63) is 48.0 Å². The van der Waals surface area contributed by atoms with Crippen LogP contribution in [0.3, 0.4) is 0 Å². The molecule has 0 bridgehead atoms. The summed E-state index contributed by atoms with van der Waals surface area (Å²) in [4.78, 5) is 29.6. The van der Waals surface area contributed by atoms with E-state index < -0.39 is 5.54 Å². The zero-order valence-corrected chi connectivity index (χ0v) is 17.8. The molecule has 0 aromatic heterocycles. The van der Waals surface area contributed by atoms with Crippen LogP contribution in [0.15, 0.2) is 42.5 Å². The van der Waals surface area contributed by atoms with Gasteiger partial charge < -0.3 is 24.6 Å². The van der Waals surface area contributed by atoms with Gasteiger partial charge in [0, 0.05) is 25.5 Å². The lowest BCUT2D eigenvalue weighted by molar-refractivity contribution is -0.162. The molecule has 4 rings (SSSR count). The number of ether oxygens (including phenoxy) is 2. The Balaban J connectivity index is 1.55. The molecule has 2 atom stereocenters. The Morgan fingerprint density at radius 3 is 2.50 bits per heavy atom. The summed E-state index contributed by atoms with van der Waals surface area (Å²) in [7, 11) is 3.93. The molecular formula is C23H27N3O4. The molecule has 2 aliphatic rings. The molecule has 2 heterocycles. The summed E-state index contributed by atoms with van der Waals surface area (Å²) in [6, 6.07) is 13.2. The van der Waals surface area contributed by atoms with Gasteiger partial charge >= 0.3 is 0 Å². The molecule has 2 aromatic rings. The van der Waals surface area contributed by atoms with Gasteiger partial charge in [-0.1, -0.05) is 13.0 Å². The van der Waals surface area contributed by atoms with Crippen molar-refractivity contribution in [3.63, 3.8) is 0 Å². The number of β-lactam (4-membered cyclic amide) rings is 1. The summed E-state index contributed by atoms with van der Waals surface area (Å²) in [6.07, 6.45) is 0.876. The second-order valence-corrected chi connectivity index (χ2v) is 8.12. The van der Waals surface area contributed by atoms with Gasteiger partial charge in [0.25, 0.3) is 0 Å². The van der Waals surface area contributed by atoms with Gasteiger partial charge in [-0.15, -0.1) is 0 Å². The molecule has 7 heteroatoms. The van der Waals surface area contributed by atoms with E-state index in [9.17, 15) is 9.59 Å². The molecular weight excluding hydrogens is 382 g/mol. The third-order valence-corrected chi connectivity index (χ3v) is 6.08. The summed E-state index contributed by atoms with van der Waals surface area (Å²) in [5.74, 6) is 1.16. The lowest BCUT2D eigenvalue weighted by Gasteiger charge is -2.50. The largest absolute Gasteiger partial charge is 0.454 e. The molecule has 0 aliphatic carbocycles. The van der Waals surface area contributed by atoms with Crippen molar-refractivity contribution < 1.29 is 19.1 Å². The van der Waals surface area contributed by atoms with Gasteiger partial charge in [-0.2, -0.15) is 0 Å². The fourth-order valence-corrected chi connectivity index (χ4v) is 3.97. The Labute approximate surface area is 176 Å². The van der Waals surface area contributed by atoms with E-state index in [2.05, 4.69) is 5.32 Å². The molecule has 2 aliphatic heterocycles. The number of hydrogen-bond acceptors (Lipinski definition) is 5. The minimum Gasteiger partial charge on any atom is -0.454 e. The zero-order chi connectivity index (χ0) is 21.5. The van der Waals surface area contributed by atoms with Gasteiger partial charge in [0.2, 0.25) is 18.6 Å². The second kappa shape index (κ2) is 7.55. The van der Waals surface area contributed by atoms with Crippen LogP contribution in [0.1, 0.15) is 38.3 Å². The van der Waals surface area contributed by atoms with E-state index in [0.29, 0.717) is 30.0 Å². The van der Waals surface area contributed by atoms with E-state index in [1.54, 1.807) is 4.90 Å². The lowest BCUT2D eigenvalue weighted by atomic mass is 9.83. The van der Waals surface area contributed by atoms with Crippen molar-refractivity contribution in [2.75, 3.05) is 31.1 Å². The number of amides is 2. The number of anilines is 2. The minimum absolute atomic E-state index is 0.0277. The number of likely N-dealkylation sites (tertiary alicyclic amines) is 1. The number of nitrogens with one attached hydrogen (secondary N) is 1. The standard InChI is InChI=1S/C23H27N3O4/c1-5-23(2,22(28)24-16-7-9-17(10-8-16)25(3)4)26-18(13-21(26)27)15-6-11-19-20(12-15)30-14-29-19/h6-12,18H,5,13-14H2,1-4H3,(H,24,28). The van der Waals surface area contributed by atoms with Crippen LogP contribution in [-0.4, -0.2) is 43.1 Å². The maximum absolute atomic E-state index is 13.3. The van der Waals surface area contributed by atoms with E-state index in [1.165, 1.54) is 0 Å². The van der Waals surface area contributed by atoms with E-state index in [-0.39, 0.29) is 24.6 Å². The third kappa shape index (κ3) is 3.34. The zero-order valence-electron chi connectivity index (χ0n) is 17.8. The Morgan fingerprint density at radius 2 is 1.87 bits per heavy atom. The van der Waals surface area contributed by atoms with Crippen molar-refractivity contribution >= 4 is 23.2 Å². The molecule has 2 amide bonds. The first-order valence-corrected chi connectivity index (χ1v) is 10.1. The van der Waals surface area contributed by atoms with Gasteiger partial charge in [0.15, 0.2) is 11.5 Å². The third-order valence-electron chi connectivity index (χ3n) is 6.08. The Kier molecular flexibility index (Phi) is 5.05. The van der Waals surface area contributed by atoms with Gasteiger partial charge in [0.05, 0.1) is 12.5 Å². The Bertz CT molecular complexity index is 973. The fourth-order valence-electron chi connectivity index (χ4n) is 3.97. The van der Waals surface area contributed by atoms with Gasteiger partial charge in [-0.05, 0) is 55.3 Å². The number of hydrogen-bond donors (Lipinski definition) is 1. The lowest BCUT2D eigenvalue weighted by Crippen LogP contribution is -2.63. The smallest absolute Gasteiger partial charge is 0.250 e. The molecule has 0 spiro atoms. The number of fused-ring (bicyclic) bond motifs is 1. The molecule has 1 fully saturated rings. The van der Waals surface area contributed by atoms with E-state index in [4.69, 9.17) is 9.47 Å². The van der Waals surface area contributed by atoms with Crippen LogP contribution in [0.2, 0.25) is 0 Å². The monoisotopic (exact) mass is 409 g/mol. The predicted octanol–water partition coefficient (Wildman–Crippen LogP) is 3.56. The van der Waals surface area contributed by atoms with E-state index in [0.717, 1.165) is 11.3 Å². The average molecular weight is 409 g/mol. The molecule has 2 aromatic carbocycles. The second-order valence-electron chi connectivity index (χ2n) is 8.12. The topological polar surface area (TPSA) is 71.1 Å². The molecule has 0 radical (unpaired) electrons. The molecule has 158 valence electrons. The van der Waals surface area contributed by atoms with Crippen LogP contribution in [0, 0.1) is 0 Å². The quantitative estimate of drug-likeness (QED) is 0.739. The van der Waals surface area contributed by atoms with Crippen molar-refractivity contribution in [1.29, 1.82) is 0 Å². The number of nitrogens with zero attached hydrogens (tertiary/aromatic N) is 2. The van der Waals surface area contributed by atoms with Gasteiger partial charge in [-0.25, -0.2) is 0 Å². The molecule has 1 N–H and O–H groups in total. The summed E-state index contributed by atoms with van der Waals surface area (Å²) in [5, 5.41) is 2.99. The highest BCUT2D eigenvalue weighted by molar-refractivity contribution is 6.01. The minimum atomic E-state index is -0.962. The summed E-state index contributed by atoms with van der Waals surface area (Å²) in [6.45, 7) is 3.96. The van der Waals surface area contributed by atoms with Crippen LogP contribution in [-0.2, 0) is 9.59 Å². The first-order valence-electron chi connectivity index (χ1n) is 10.1. The first kappa shape index (κ1) is 20.1. The maximum atomic E-state index is 13.3. The van der Waals surface area contributed by atoms with E-state index in [1.807, 2.05) is 75.3 Å². The van der Waals surface area contributed by atoms with Crippen molar-refractivity contribution in [3.8, 4) is 11.5 Å². The number of rotatable bonds is 6. The summed E-state index contributed by atoms with van der Waals surface area (Å²) < 4.78 is 10.9. The van der Waals surface area contributed by atoms with Crippen molar-refractivity contribution in [2.45, 2.75) is 38.3 Å². The Hall–Kier alpha value is -3.22. The highest BCUT2D eigenvalue weighted by Crippen LogP contribution is 2.44. The van der Waals surface area contributed by atoms with Crippen LogP contribution in [0.25, 0.3) is 0 Å². The maximum Gasteiger partial charge on any atom is 0.250 e. The molecule has 1 saturated heterocycles. The first-order chi connectivity index (χ1) is 14.3. The van der Waals surface area contributed by atoms with E-state index >= 15 is 0 Å². The van der Waals surface area contributed by atoms with Crippen LogP contribution in [0.4, 0.5) is 11.4 Å². The van der Waals surface area contributed by atoms with Crippen molar-refractivity contribution in [1.82, 2.24) is 4.90 Å². The average Bonchev–Trinajstić information content (AvgIpc) is 3.19. The predicted molar refractivity (Wildman–Crippen MR) is 115 cm³/mol. The molecule has 0 saturated carbocycles. The normalized spacial score (nSPS) is 19.1. The summed E-state index contributed by atoms with van der Waals surface area (Å²) >= 11 is 0. The van der Waals surface area contributed by atoms with Crippen LogP contribution >= 0.6 is 0 Å². The molecule has 30 heavy (non-hydrogen) atoms. The van der Waals surface area contributed by atoms with Gasteiger partial charge in [0.1, 0.15) is 5.54 Å².